The molecule has 24 heavy (non-hydrogen) atoms. The van der Waals surface area contributed by atoms with Crippen LogP contribution in [0.2, 0.25) is 5.15 Å². The molecule has 0 spiro atoms. The fraction of sp³-hybridized carbons (Fsp3) is 0.647. The molecule has 2 N–H and O–H groups in total. The number of nitrogens with one attached hydrogen (secondary N) is 2. The van der Waals surface area contributed by atoms with E-state index in [2.05, 4.69) is 39.4 Å². The highest BCUT2D eigenvalue weighted by Gasteiger charge is 2.00. The normalized spacial score (nSPS) is 11.3. The second-order valence-electron chi connectivity index (χ2n) is 5.40. The Kier molecular flexibility index (Phi) is 14.4. The van der Waals surface area contributed by atoms with Gasteiger partial charge in [0.25, 0.3) is 0 Å². The number of halogens is 2. The van der Waals surface area contributed by atoms with Gasteiger partial charge >= 0.3 is 0 Å². The number of rotatable bonds is 10. The van der Waals surface area contributed by atoms with Crippen LogP contribution in [-0.2, 0) is 6.42 Å². The molecule has 7 heteroatoms. The third-order valence-corrected chi connectivity index (χ3v) is 4.03. The molecule has 1 aromatic heterocycles. The number of unbranched alkanes of at least 4 members (excludes halogenated alkanes) is 1. The van der Waals surface area contributed by atoms with Crippen molar-refractivity contribution in [2.75, 3.05) is 39.8 Å². The van der Waals surface area contributed by atoms with E-state index in [1.807, 2.05) is 18.3 Å². The number of hydrogen-bond donors (Lipinski definition) is 2. The van der Waals surface area contributed by atoms with E-state index in [0.29, 0.717) is 5.15 Å². The molecule has 0 aliphatic heterocycles. The Morgan fingerprint density at radius 3 is 2.46 bits per heavy atom. The molecule has 0 amide bonds. The minimum absolute atomic E-state index is 0. The van der Waals surface area contributed by atoms with Crippen molar-refractivity contribution in [3.8, 4) is 0 Å². The predicted molar refractivity (Wildman–Crippen MR) is 115 cm³/mol. The fourth-order valence-corrected chi connectivity index (χ4v) is 2.42. The average molecular weight is 468 g/mol. The SMILES string of the molecule is CCN(CC)CCCCNC(=NC)NCCc1ccc(Cl)nc1.I. The Balaban J connectivity index is 0.00000529. The maximum Gasteiger partial charge on any atom is 0.190 e. The zero-order chi connectivity index (χ0) is 16.9. The lowest BCUT2D eigenvalue weighted by Crippen LogP contribution is -2.39. The van der Waals surface area contributed by atoms with E-state index in [1.165, 1.54) is 13.0 Å². The van der Waals surface area contributed by atoms with Gasteiger partial charge < -0.3 is 15.5 Å². The molecule has 0 aliphatic rings. The van der Waals surface area contributed by atoms with Crippen LogP contribution in [0.25, 0.3) is 0 Å². The van der Waals surface area contributed by atoms with E-state index in [0.717, 1.165) is 50.5 Å². The van der Waals surface area contributed by atoms with Gasteiger partial charge in [0.05, 0.1) is 0 Å². The van der Waals surface area contributed by atoms with Crippen LogP contribution in [0.3, 0.4) is 0 Å². The number of guanidine groups is 1. The summed E-state index contributed by atoms with van der Waals surface area (Å²) in [5.74, 6) is 0.856. The van der Waals surface area contributed by atoms with Crippen LogP contribution >= 0.6 is 35.6 Å². The van der Waals surface area contributed by atoms with Gasteiger partial charge in [0.1, 0.15) is 5.15 Å². The molecule has 0 atom stereocenters. The molecule has 0 saturated carbocycles. The zero-order valence-corrected chi connectivity index (χ0v) is 18.1. The van der Waals surface area contributed by atoms with E-state index >= 15 is 0 Å². The Morgan fingerprint density at radius 2 is 1.88 bits per heavy atom. The molecule has 0 unspecified atom stereocenters. The molecule has 1 aromatic rings. The number of aromatic nitrogens is 1. The minimum atomic E-state index is 0. The lowest BCUT2D eigenvalue weighted by atomic mass is 10.2. The van der Waals surface area contributed by atoms with Crippen molar-refractivity contribution in [3.05, 3.63) is 29.0 Å². The number of pyridine rings is 1. The van der Waals surface area contributed by atoms with E-state index < -0.39 is 0 Å². The quantitative estimate of drug-likeness (QED) is 0.182. The van der Waals surface area contributed by atoms with Gasteiger partial charge in [-0.3, -0.25) is 4.99 Å². The summed E-state index contributed by atoms with van der Waals surface area (Å²) < 4.78 is 0. The first kappa shape index (κ1) is 23.4. The molecular weight excluding hydrogens is 437 g/mol. The third-order valence-electron chi connectivity index (χ3n) is 3.81. The van der Waals surface area contributed by atoms with Crippen molar-refractivity contribution in [1.29, 1.82) is 0 Å². The monoisotopic (exact) mass is 467 g/mol. The van der Waals surface area contributed by atoms with Gasteiger partial charge in [-0.15, -0.1) is 24.0 Å². The average Bonchev–Trinajstić information content (AvgIpc) is 2.58. The molecular formula is C17H31ClIN5. The van der Waals surface area contributed by atoms with Gasteiger partial charge in [-0.25, -0.2) is 4.98 Å². The first-order chi connectivity index (χ1) is 11.2. The molecule has 138 valence electrons. The second-order valence-corrected chi connectivity index (χ2v) is 5.79. The van der Waals surface area contributed by atoms with Gasteiger partial charge in [0, 0.05) is 26.3 Å². The van der Waals surface area contributed by atoms with Gasteiger partial charge in [-0.1, -0.05) is 31.5 Å². The first-order valence-corrected chi connectivity index (χ1v) is 8.84. The molecule has 0 saturated heterocycles. The molecule has 0 radical (unpaired) electrons. The summed E-state index contributed by atoms with van der Waals surface area (Å²) >= 11 is 5.78. The number of hydrogen-bond acceptors (Lipinski definition) is 3. The summed E-state index contributed by atoms with van der Waals surface area (Å²) in [4.78, 5) is 10.8. The van der Waals surface area contributed by atoms with E-state index in [9.17, 15) is 0 Å². The Bertz CT molecular complexity index is 449. The summed E-state index contributed by atoms with van der Waals surface area (Å²) in [6, 6.07) is 3.82. The second kappa shape index (κ2) is 14.7. The minimum Gasteiger partial charge on any atom is -0.356 e. The lowest BCUT2D eigenvalue weighted by molar-refractivity contribution is 0.297. The Hall–Kier alpha value is -0.600. The van der Waals surface area contributed by atoms with Crippen LogP contribution in [0, 0.1) is 0 Å². The lowest BCUT2D eigenvalue weighted by Gasteiger charge is -2.18. The first-order valence-electron chi connectivity index (χ1n) is 8.46. The maximum absolute atomic E-state index is 5.78. The van der Waals surface area contributed by atoms with Crippen LogP contribution < -0.4 is 10.6 Å². The van der Waals surface area contributed by atoms with E-state index in [1.54, 1.807) is 7.05 Å². The van der Waals surface area contributed by atoms with Crippen LogP contribution in [0.4, 0.5) is 0 Å². The standard InChI is InChI=1S/C17H30ClN5.HI/c1-4-23(5-2)13-7-6-11-20-17(19-3)21-12-10-15-8-9-16(18)22-14-15;/h8-9,14H,4-7,10-13H2,1-3H3,(H2,19,20,21);1H. The van der Waals surface area contributed by atoms with Gasteiger partial charge in [-0.05, 0) is 50.5 Å². The van der Waals surface area contributed by atoms with Gasteiger partial charge in [-0.2, -0.15) is 0 Å². The Morgan fingerprint density at radius 1 is 1.17 bits per heavy atom. The highest BCUT2D eigenvalue weighted by molar-refractivity contribution is 14.0. The molecule has 5 nitrogen and oxygen atoms in total. The van der Waals surface area contributed by atoms with Gasteiger partial charge in [0.2, 0.25) is 0 Å². The summed E-state index contributed by atoms with van der Waals surface area (Å²) in [7, 11) is 1.80. The summed E-state index contributed by atoms with van der Waals surface area (Å²) in [6.45, 7) is 9.63. The Labute approximate surface area is 168 Å². The zero-order valence-electron chi connectivity index (χ0n) is 15.0. The number of aliphatic imine (C=N–C) groups is 1. The molecule has 0 aromatic carbocycles. The highest BCUT2D eigenvalue weighted by Crippen LogP contribution is 2.05. The number of nitrogens with zero attached hydrogens (tertiary/aromatic N) is 3. The fourth-order valence-electron chi connectivity index (χ4n) is 2.31. The molecule has 0 fully saturated rings. The van der Waals surface area contributed by atoms with Crippen molar-refractivity contribution in [2.24, 2.45) is 4.99 Å². The smallest absolute Gasteiger partial charge is 0.190 e. The highest BCUT2D eigenvalue weighted by atomic mass is 127. The summed E-state index contributed by atoms with van der Waals surface area (Å²) in [5.41, 5.74) is 1.16. The third kappa shape index (κ3) is 10.3. The van der Waals surface area contributed by atoms with Crippen LogP contribution in [0.15, 0.2) is 23.3 Å². The van der Waals surface area contributed by atoms with Crippen molar-refractivity contribution in [2.45, 2.75) is 33.1 Å². The van der Waals surface area contributed by atoms with Gasteiger partial charge in [0.15, 0.2) is 5.96 Å². The molecule has 0 aliphatic carbocycles. The van der Waals surface area contributed by atoms with E-state index in [-0.39, 0.29) is 24.0 Å². The van der Waals surface area contributed by atoms with Crippen molar-refractivity contribution < 1.29 is 0 Å². The maximum atomic E-state index is 5.78. The largest absolute Gasteiger partial charge is 0.356 e. The van der Waals surface area contributed by atoms with Crippen molar-refractivity contribution in [3.63, 3.8) is 0 Å². The van der Waals surface area contributed by atoms with E-state index in [4.69, 9.17) is 11.6 Å². The van der Waals surface area contributed by atoms with Crippen LogP contribution in [0.1, 0.15) is 32.3 Å². The molecule has 1 heterocycles. The van der Waals surface area contributed by atoms with Crippen LogP contribution in [-0.4, -0.2) is 55.6 Å². The predicted octanol–water partition coefficient (Wildman–Crippen LogP) is 3.18. The van der Waals surface area contributed by atoms with Crippen molar-refractivity contribution in [1.82, 2.24) is 20.5 Å². The topological polar surface area (TPSA) is 52.5 Å². The molecule has 0 bridgehead atoms. The molecule has 1 rings (SSSR count). The summed E-state index contributed by atoms with van der Waals surface area (Å²) in [5, 5.41) is 7.21. The summed E-state index contributed by atoms with van der Waals surface area (Å²) in [6.07, 6.45) is 5.07. The van der Waals surface area contributed by atoms with Crippen molar-refractivity contribution >= 4 is 41.5 Å². The van der Waals surface area contributed by atoms with Crippen LogP contribution in [0.5, 0.6) is 0 Å².